The number of ether oxygens (including phenoxy) is 4. The van der Waals surface area contributed by atoms with Crippen LogP contribution in [0.1, 0.15) is 22.8 Å². The standard InChI is InChI=1S/C17H14O7/c1-8-5-12-14(16(18)23-8)13(15(24-12)17(19)20-2)9-3-4-10-11(6-9)22-7-21-10/h3-6,13,15H,7H2,1-2H3/t13-,15-/m1/s1. The normalized spacial score (nSPS) is 20.4. The summed E-state index contributed by atoms with van der Waals surface area (Å²) in [5.41, 5.74) is 0.457. The zero-order valence-corrected chi connectivity index (χ0v) is 13.0. The first kappa shape index (κ1) is 14.6. The van der Waals surface area contributed by atoms with Gasteiger partial charge in [0, 0.05) is 6.07 Å². The number of methoxy groups -OCH3 is 1. The number of fused-ring (bicyclic) bond motifs is 2. The summed E-state index contributed by atoms with van der Waals surface area (Å²) < 4.78 is 26.4. The van der Waals surface area contributed by atoms with Crippen molar-refractivity contribution in [2.24, 2.45) is 0 Å². The molecule has 0 fully saturated rings. The summed E-state index contributed by atoms with van der Waals surface area (Å²) >= 11 is 0. The first-order chi connectivity index (χ1) is 11.6. The van der Waals surface area contributed by atoms with Crippen LogP contribution in [0.25, 0.3) is 0 Å². The molecule has 2 aliphatic heterocycles. The number of rotatable bonds is 2. The van der Waals surface area contributed by atoms with Gasteiger partial charge in [0.2, 0.25) is 12.9 Å². The van der Waals surface area contributed by atoms with Crippen molar-refractivity contribution in [2.45, 2.75) is 18.9 Å². The predicted molar refractivity (Wildman–Crippen MR) is 80.6 cm³/mol. The Kier molecular flexibility index (Phi) is 3.23. The van der Waals surface area contributed by atoms with Crippen LogP contribution in [0, 0.1) is 6.92 Å². The monoisotopic (exact) mass is 330 g/mol. The summed E-state index contributed by atoms with van der Waals surface area (Å²) in [5, 5.41) is 0. The molecule has 2 aromatic rings. The van der Waals surface area contributed by atoms with Gasteiger partial charge in [-0.2, -0.15) is 0 Å². The molecule has 1 aromatic heterocycles. The Bertz CT molecular complexity index is 883. The molecule has 0 amide bonds. The van der Waals surface area contributed by atoms with E-state index in [2.05, 4.69) is 0 Å². The lowest BCUT2D eigenvalue weighted by molar-refractivity contribution is -0.148. The van der Waals surface area contributed by atoms with E-state index in [0.29, 0.717) is 34.1 Å². The molecule has 7 nitrogen and oxygen atoms in total. The first-order valence-electron chi connectivity index (χ1n) is 7.37. The third-order valence-electron chi connectivity index (χ3n) is 4.13. The number of carbonyl (C=O) groups excluding carboxylic acids is 1. The molecule has 1 aromatic carbocycles. The smallest absolute Gasteiger partial charge is 0.348 e. The van der Waals surface area contributed by atoms with Gasteiger partial charge in [0.15, 0.2) is 11.5 Å². The largest absolute Gasteiger partial charge is 0.477 e. The molecular weight excluding hydrogens is 316 g/mol. The maximum atomic E-state index is 12.4. The average molecular weight is 330 g/mol. The van der Waals surface area contributed by atoms with Crippen molar-refractivity contribution in [3.05, 3.63) is 51.6 Å². The molecule has 7 heteroatoms. The molecule has 0 spiro atoms. The number of carbonyl (C=O) groups is 1. The molecule has 0 bridgehead atoms. The predicted octanol–water partition coefficient (Wildman–Crippen LogP) is 1.74. The fraction of sp³-hybridized carbons (Fsp3) is 0.294. The second kappa shape index (κ2) is 5.30. The molecule has 0 aliphatic carbocycles. The Morgan fingerprint density at radius 2 is 1.96 bits per heavy atom. The van der Waals surface area contributed by atoms with E-state index in [4.69, 9.17) is 23.4 Å². The van der Waals surface area contributed by atoms with Crippen molar-refractivity contribution in [3.63, 3.8) is 0 Å². The summed E-state index contributed by atoms with van der Waals surface area (Å²) in [6.45, 7) is 1.78. The quantitative estimate of drug-likeness (QED) is 0.775. The van der Waals surface area contributed by atoms with Crippen molar-refractivity contribution in [1.82, 2.24) is 0 Å². The Morgan fingerprint density at radius 3 is 2.75 bits per heavy atom. The van der Waals surface area contributed by atoms with Gasteiger partial charge in [0.05, 0.1) is 18.6 Å². The van der Waals surface area contributed by atoms with E-state index in [-0.39, 0.29) is 6.79 Å². The van der Waals surface area contributed by atoms with Crippen LogP contribution >= 0.6 is 0 Å². The van der Waals surface area contributed by atoms with Gasteiger partial charge >= 0.3 is 11.6 Å². The second-order valence-electron chi connectivity index (χ2n) is 5.57. The number of esters is 1. The van der Waals surface area contributed by atoms with Crippen molar-refractivity contribution in [1.29, 1.82) is 0 Å². The highest BCUT2D eigenvalue weighted by molar-refractivity contribution is 5.79. The number of hydrogen-bond donors (Lipinski definition) is 0. The fourth-order valence-electron chi connectivity index (χ4n) is 3.08. The number of benzene rings is 1. The molecule has 0 unspecified atom stereocenters. The highest BCUT2D eigenvalue weighted by Crippen LogP contribution is 2.44. The van der Waals surface area contributed by atoms with Crippen LogP contribution in [0.3, 0.4) is 0 Å². The van der Waals surface area contributed by atoms with Gasteiger partial charge < -0.3 is 23.4 Å². The molecule has 2 aliphatic rings. The zero-order valence-electron chi connectivity index (χ0n) is 13.0. The van der Waals surface area contributed by atoms with Crippen LogP contribution in [-0.4, -0.2) is 26.0 Å². The second-order valence-corrected chi connectivity index (χ2v) is 5.57. The van der Waals surface area contributed by atoms with E-state index < -0.39 is 23.6 Å². The van der Waals surface area contributed by atoms with E-state index in [1.165, 1.54) is 7.11 Å². The number of hydrogen-bond acceptors (Lipinski definition) is 7. The summed E-state index contributed by atoms with van der Waals surface area (Å²) in [7, 11) is 1.28. The van der Waals surface area contributed by atoms with Gasteiger partial charge in [0.1, 0.15) is 11.5 Å². The van der Waals surface area contributed by atoms with Gasteiger partial charge in [-0.25, -0.2) is 9.59 Å². The Hall–Kier alpha value is -2.96. The maximum absolute atomic E-state index is 12.4. The van der Waals surface area contributed by atoms with Gasteiger partial charge in [-0.05, 0) is 24.6 Å². The minimum absolute atomic E-state index is 0.137. The summed E-state index contributed by atoms with van der Waals surface area (Å²) in [5.74, 6) is 0.713. The molecule has 3 heterocycles. The van der Waals surface area contributed by atoms with Crippen LogP contribution < -0.4 is 19.8 Å². The van der Waals surface area contributed by atoms with E-state index >= 15 is 0 Å². The molecule has 124 valence electrons. The maximum Gasteiger partial charge on any atom is 0.348 e. The SMILES string of the molecule is COC(=O)[C@@H]1Oc2cc(C)oc(=O)c2[C@H]1c1ccc2c(c1)OCO2. The van der Waals surface area contributed by atoms with Gasteiger partial charge in [0.25, 0.3) is 0 Å². The summed E-state index contributed by atoms with van der Waals surface area (Å²) in [4.78, 5) is 24.5. The van der Waals surface area contributed by atoms with Crippen LogP contribution in [-0.2, 0) is 9.53 Å². The van der Waals surface area contributed by atoms with Gasteiger partial charge in [-0.3, -0.25) is 0 Å². The van der Waals surface area contributed by atoms with E-state index in [1.807, 2.05) is 0 Å². The molecule has 0 N–H and O–H groups in total. The highest BCUT2D eigenvalue weighted by atomic mass is 16.7. The van der Waals surface area contributed by atoms with Crippen molar-refractivity contribution < 1.29 is 28.2 Å². The van der Waals surface area contributed by atoms with E-state index in [0.717, 1.165) is 0 Å². The molecule has 0 saturated carbocycles. The third-order valence-corrected chi connectivity index (χ3v) is 4.13. The summed E-state index contributed by atoms with van der Waals surface area (Å²) in [6, 6.07) is 6.84. The Balaban J connectivity index is 1.87. The van der Waals surface area contributed by atoms with Crippen LogP contribution in [0.2, 0.25) is 0 Å². The minimum atomic E-state index is -0.963. The molecule has 4 rings (SSSR count). The van der Waals surface area contributed by atoms with Crippen molar-refractivity contribution >= 4 is 5.97 Å². The van der Waals surface area contributed by atoms with Crippen LogP contribution in [0.5, 0.6) is 17.2 Å². The Labute approximate surface area is 136 Å². The molecule has 2 atom stereocenters. The molecule has 24 heavy (non-hydrogen) atoms. The molecule has 0 radical (unpaired) electrons. The highest BCUT2D eigenvalue weighted by Gasteiger charge is 2.44. The summed E-state index contributed by atoms with van der Waals surface area (Å²) in [6.07, 6.45) is -0.963. The molecule has 0 saturated heterocycles. The van der Waals surface area contributed by atoms with Crippen molar-refractivity contribution in [2.75, 3.05) is 13.9 Å². The van der Waals surface area contributed by atoms with Crippen LogP contribution in [0.15, 0.2) is 33.5 Å². The first-order valence-corrected chi connectivity index (χ1v) is 7.37. The third kappa shape index (κ3) is 2.12. The van der Waals surface area contributed by atoms with Gasteiger partial charge in [-0.15, -0.1) is 0 Å². The van der Waals surface area contributed by atoms with Crippen molar-refractivity contribution in [3.8, 4) is 17.2 Å². The average Bonchev–Trinajstić information content (AvgIpc) is 3.17. The van der Waals surface area contributed by atoms with E-state index in [1.54, 1.807) is 31.2 Å². The molecular formula is C17H14O7. The van der Waals surface area contributed by atoms with E-state index in [9.17, 15) is 9.59 Å². The Morgan fingerprint density at radius 1 is 1.17 bits per heavy atom. The topological polar surface area (TPSA) is 84.2 Å². The lowest BCUT2D eigenvalue weighted by Gasteiger charge is -2.17. The lowest BCUT2D eigenvalue weighted by Crippen LogP contribution is -2.31. The lowest BCUT2D eigenvalue weighted by atomic mass is 9.88. The number of aryl methyl sites for hydroxylation is 1. The van der Waals surface area contributed by atoms with Crippen LogP contribution in [0.4, 0.5) is 0 Å². The minimum Gasteiger partial charge on any atom is -0.477 e. The fourth-order valence-corrected chi connectivity index (χ4v) is 3.08. The zero-order chi connectivity index (χ0) is 16.8. The van der Waals surface area contributed by atoms with Gasteiger partial charge in [-0.1, -0.05) is 6.07 Å².